The summed E-state index contributed by atoms with van der Waals surface area (Å²) >= 11 is -0.258. The summed E-state index contributed by atoms with van der Waals surface area (Å²) in [6.07, 6.45) is 0. The Labute approximate surface area is 137 Å². The molecule has 0 aliphatic rings. The fourth-order valence-electron chi connectivity index (χ4n) is 1.87. The van der Waals surface area contributed by atoms with Gasteiger partial charge in [0.25, 0.3) is 0 Å². The summed E-state index contributed by atoms with van der Waals surface area (Å²) in [7, 11) is 2.66. The van der Waals surface area contributed by atoms with Gasteiger partial charge in [-0.05, 0) is 0 Å². The van der Waals surface area contributed by atoms with Crippen LogP contribution in [0, 0.1) is 0 Å². The Morgan fingerprint density at radius 3 is 2.05 bits per heavy atom. The normalized spacial score (nSPS) is 14.0. The summed E-state index contributed by atoms with van der Waals surface area (Å²) in [5.41, 5.74) is -0.335. The molecule has 0 amide bonds. The van der Waals surface area contributed by atoms with Crippen molar-refractivity contribution < 1.29 is 19.1 Å². The van der Waals surface area contributed by atoms with Crippen molar-refractivity contribution >= 4 is 31.4 Å². The number of hydrogen-bond acceptors (Lipinski definition) is 5. The summed E-state index contributed by atoms with van der Waals surface area (Å²) < 4.78 is 10.8. The number of ether oxygens (including phenoxy) is 2. The Hall–Kier alpha value is -1.36. The van der Waals surface area contributed by atoms with Gasteiger partial charge in [-0.25, -0.2) is 0 Å². The predicted molar refractivity (Wildman–Crippen MR) is 86.3 cm³/mol. The molecule has 0 radical (unpaired) electrons. The van der Waals surface area contributed by atoms with Gasteiger partial charge < -0.3 is 0 Å². The van der Waals surface area contributed by atoms with E-state index in [0.717, 1.165) is 4.46 Å². The predicted octanol–water partition coefficient (Wildman–Crippen LogP) is 0.907. The van der Waals surface area contributed by atoms with E-state index in [1.165, 1.54) is 14.2 Å². The molecule has 1 aromatic rings. The molecule has 0 saturated heterocycles. The van der Waals surface area contributed by atoms with Crippen molar-refractivity contribution in [3.8, 4) is 0 Å². The number of carbonyl (C=O) groups is 2. The van der Waals surface area contributed by atoms with Crippen LogP contribution in [0.5, 0.6) is 0 Å². The fraction of sp³-hybridized carbons (Fsp3) is 0.500. The van der Waals surface area contributed by atoms with E-state index in [1.54, 1.807) is 0 Å². The number of esters is 2. The number of carbonyl (C=O) groups excluding carboxylic acids is 2. The van der Waals surface area contributed by atoms with E-state index < -0.39 is 22.8 Å². The first-order valence-electron chi connectivity index (χ1n) is 6.93. The van der Waals surface area contributed by atoms with E-state index in [4.69, 9.17) is 9.47 Å². The topological polar surface area (TPSA) is 64.6 Å². The summed E-state index contributed by atoms with van der Waals surface area (Å²) in [6.45, 7) is 5.81. The second-order valence-corrected chi connectivity index (χ2v) is 8.32. The van der Waals surface area contributed by atoms with Gasteiger partial charge in [-0.1, -0.05) is 0 Å². The molecule has 0 spiro atoms. The van der Waals surface area contributed by atoms with Gasteiger partial charge >= 0.3 is 137 Å². The van der Waals surface area contributed by atoms with Crippen LogP contribution in [0.3, 0.4) is 0 Å². The Morgan fingerprint density at radius 2 is 1.59 bits per heavy atom. The van der Waals surface area contributed by atoms with E-state index in [1.807, 2.05) is 51.1 Å². The average molecular weight is 372 g/mol. The minimum absolute atomic E-state index is 0.258. The zero-order valence-corrected chi connectivity index (χ0v) is 15.3. The van der Waals surface area contributed by atoms with Crippen molar-refractivity contribution in [3.63, 3.8) is 0 Å². The number of hydrogen-bond donors (Lipinski definition) is 1. The van der Waals surface area contributed by atoms with Crippen molar-refractivity contribution in [2.75, 3.05) is 14.2 Å². The third kappa shape index (κ3) is 5.79. The molecule has 122 valence electrons. The summed E-state index contributed by atoms with van der Waals surface area (Å²) in [5, 5.41) is 3.18. The first kappa shape index (κ1) is 18.7. The van der Waals surface area contributed by atoms with Crippen LogP contribution in [0.2, 0.25) is 4.82 Å². The third-order valence-corrected chi connectivity index (χ3v) is 5.44. The van der Waals surface area contributed by atoms with Gasteiger partial charge in [-0.2, -0.15) is 0 Å². The summed E-state index contributed by atoms with van der Waals surface area (Å²) in [5.74, 6) is -0.862. The van der Waals surface area contributed by atoms with Crippen LogP contribution in [-0.4, -0.2) is 52.7 Å². The van der Waals surface area contributed by atoms with Gasteiger partial charge in [-0.15, -0.1) is 0 Å². The van der Waals surface area contributed by atoms with Crippen molar-refractivity contribution in [2.24, 2.45) is 0 Å². The molecule has 0 aromatic heterocycles. The zero-order chi connectivity index (χ0) is 16.8. The summed E-state index contributed by atoms with van der Waals surface area (Å²) in [6, 6.07) is 8.89. The zero-order valence-electron chi connectivity index (χ0n) is 13.6. The molecule has 0 fully saturated rings. The number of methoxy groups -OCH3 is 2. The minimum atomic E-state index is -0.738. The molecule has 0 unspecified atom stereocenters. The molecule has 22 heavy (non-hydrogen) atoms. The van der Waals surface area contributed by atoms with Gasteiger partial charge in [0, 0.05) is 0 Å². The monoisotopic (exact) mass is 373 g/mol. The van der Waals surface area contributed by atoms with Crippen molar-refractivity contribution in [1.29, 1.82) is 0 Å². The number of benzene rings is 1. The molecular weight excluding hydrogens is 349 g/mol. The first-order chi connectivity index (χ1) is 10.3. The Kier molecular flexibility index (Phi) is 7.07. The van der Waals surface area contributed by atoms with Gasteiger partial charge in [0.05, 0.1) is 0 Å². The molecule has 1 N–H and O–H groups in total. The third-order valence-electron chi connectivity index (χ3n) is 2.79. The van der Waals surface area contributed by atoms with Gasteiger partial charge in [0.1, 0.15) is 0 Å². The van der Waals surface area contributed by atoms with E-state index in [9.17, 15) is 9.59 Å². The molecule has 0 bridgehead atoms. The maximum absolute atomic E-state index is 12.2. The molecule has 0 aliphatic heterocycles. The molecule has 5 nitrogen and oxygen atoms in total. The Bertz CT molecular complexity index is 499. The maximum atomic E-state index is 12.2. The van der Waals surface area contributed by atoms with Crippen LogP contribution in [0.15, 0.2) is 30.3 Å². The summed E-state index contributed by atoms with van der Waals surface area (Å²) in [4.78, 5) is 23.8. The van der Waals surface area contributed by atoms with Gasteiger partial charge in [-0.3, -0.25) is 0 Å². The van der Waals surface area contributed by atoms with Crippen molar-refractivity contribution in [3.05, 3.63) is 30.3 Å². The molecule has 0 heterocycles. The second kappa shape index (κ2) is 8.32. The van der Waals surface area contributed by atoms with Crippen LogP contribution in [-0.2, 0) is 19.1 Å². The molecular formula is C16H23NO4Se. The van der Waals surface area contributed by atoms with Crippen molar-refractivity contribution in [1.82, 2.24) is 5.32 Å². The van der Waals surface area contributed by atoms with Gasteiger partial charge in [0.15, 0.2) is 0 Å². The number of rotatable bonds is 6. The molecule has 2 atom stereocenters. The first-order valence-corrected chi connectivity index (χ1v) is 8.78. The van der Waals surface area contributed by atoms with Crippen LogP contribution < -0.4 is 9.78 Å². The fourth-order valence-corrected chi connectivity index (χ4v) is 4.21. The quantitative estimate of drug-likeness (QED) is 0.594. The van der Waals surface area contributed by atoms with Gasteiger partial charge in [0.2, 0.25) is 0 Å². The molecule has 0 saturated carbocycles. The van der Waals surface area contributed by atoms with Crippen molar-refractivity contribution in [2.45, 2.75) is 37.2 Å². The molecule has 1 rings (SSSR count). The Balaban J connectivity index is 3.08. The van der Waals surface area contributed by atoms with Crippen LogP contribution >= 0.6 is 0 Å². The van der Waals surface area contributed by atoms with E-state index >= 15 is 0 Å². The van der Waals surface area contributed by atoms with E-state index in [2.05, 4.69) is 5.32 Å². The van der Waals surface area contributed by atoms with Crippen LogP contribution in [0.4, 0.5) is 0 Å². The Morgan fingerprint density at radius 1 is 1.05 bits per heavy atom. The molecule has 1 aromatic carbocycles. The average Bonchev–Trinajstić information content (AvgIpc) is 2.49. The SMILES string of the molecule is COC(=O)[C@@H](NC(C)(C)C)[C@H]([Se]c1ccccc1)C(=O)OC. The van der Waals surface area contributed by atoms with E-state index in [-0.39, 0.29) is 20.5 Å². The standard InChI is InChI=1S/C16H23NO4Se/c1-16(2,3)17-12(14(18)20-4)13(15(19)21-5)22-11-9-7-6-8-10-11/h6-10,12-13,17H,1-5H3/t12-,13-/m0/s1. The van der Waals surface area contributed by atoms with Crippen LogP contribution in [0.25, 0.3) is 0 Å². The molecule has 0 aliphatic carbocycles. The van der Waals surface area contributed by atoms with E-state index in [0.29, 0.717) is 0 Å². The second-order valence-electron chi connectivity index (χ2n) is 5.77. The molecule has 6 heteroatoms. The van der Waals surface area contributed by atoms with Crippen LogP contribution in [0.1, 0.15) is 20.8 Å². The number of nitrogens with one attached hydrogen (secondary N) is 1.